The van der Waals surface area contributed by atoms with Crippen molar-refractivity contribution in [1.82, 2.24) is 4.98 Å². The van der Waals surface area contributed by atoms with Crippen LogP contribution < -0.4 is 0 Å². The Hall–Kier alpha value is -2.04. The van der Waals surface area contributed by atoms with Gasteiger partial charge < -0.3 is 14.5 Å². The van der Waals surface area contributed by atoms with E-state index in [0.29, 0.717) is 5.69 Å². The summed E-state index contributed by atoms with van der Waals surface area (Å²) in [4.78, 5) is 24.7. The molecule has 1 aromatic rings. The van der Waals surface area contributed by atoms with Crippen LogP contribution in [0.25, 0.3) is 6.08 Å². The Balaban J connectivity index is 2.59. The van der Waals surface area contributed by atoms with Gasteiger partial charge in [0, 0.05) is 12.6 Å². The maximum atomic E-state index is 11.4. The third kappa shape index (κ3) is 2.98. The van der Waals surface area contributed by atoms with Crippen molar-refractivity contribution in [2.24, 2.45) is 0 Å². The van der Waals surface area contributed by atoms with Crippen LogP contribution in [0.5, 0.6) is 0 Å². The van der Waals surface area contributed by atoms with Crippen molar-refractivity contribution in [3.63, 3.8) is 0 Å². The second kappa shape index (κ2) is 5.16. The topological polar surface area (TPSA) is 68.4 Å². The molecule has 0 aliphatic rings. The van der Waals surface area contributed by atoms with Crippen molar-refractivity contribution in [2.45, 2.75) is 13.8 Å². The number of aromatic amines is 1. The molecule has 0 saturated carbocycles. The molecule has 1 aromatic heterocycles. The van der Waals surface area contributed by atoms with E-state index in [4.69, 9.17) is 4.74 Å². The van der Waals surface area contributed by atoms with Gasteiger partial charge in [-0.15, -0.1) is 0 Å². The van der Waals surface area contributed by atoms with Gasteiger partial charge in [0.15, 0.2) is 0 Å². The fraction of sp³-hybridized carbons (Fsp3) is 0.273. The minimum absolute atomic E-state index is 0.305. The summed E-state index contributed by atoms with van der Waals surface area (Å²) in [6.45, 7) is 6.30. The standard InChI is InChI=1S/C11H13NO4/c1-4-9-7(2)5-10(12-9)11(14)16-6-15-8(3)13/h4-5,12H,1,6H2,2-3H3. The fourth-order valence-electron chi connectivity index (χ4n) is 1.14. The highest BCUT2D eigenvalue weighted by molar-refractivity contribution is 5.88. The van der Waals surface area contributed by atoms with Gasteiger partial charge in [0.05, 0.1) is 0 Å². The Labute approximate surface area is 93.1 Å². The lowest BCUT2D eigenvalue weighted by Crippen LogP contribution is -2.11. The Morgan fingerprint density at radius 1 is 1.50 bits per heavy atom. The van der Waals surface area contributed by atoms with Crippen LogP contribution in [0, 0.1) is 6.92 Å². The summed E-state index contributed by atoms with van der Waals surface area (Å²) in [5.74, 6) is -1.07. The predicted molar refractivity (Wildman–Crippen MR) is 57.7 cm³/mol. The van der Waals surface area contributed by atoms with Gasteiger partial charge in [-0.3, -0.25) is 4.79 Å². The Bertz CT molecular complexity index is 420. The summed E-state index contributed by atoms with van der Waals surface area (Å²) in [7, 11) is 0. The molecule has 0 unspecified atom stereocenters. The molecule has 86 valence electrons. The van der Waals surface area contributed by atoms with Gasteiger partial charge in [-0.2, -0.15) is 0 Å². The summed E-state index contributed by atoms with van der Waals surface area (Å²) >= 11 is 0. The molecule has 0 spiro atoms. The zero-order valence-electron chi connectivity index (χ0n) is 9.20. The first-order valence-corrected chi connectivity index (χ1v) is 4.67. The number of rotatable bonds is 4. The van der Waals surface area contributed by atoms with Gasteiger partial charge >= 0.3 is 11.9 Å². The number of ether oxygens (including phenoxy) is 2. The number of carbonyl (C=O) groups is 2. The van der Waals surface area contributed by atoms with Gasteiger partial charge in [0.1, 0.15) is 5.69 Å². The van der Waals surface area contributed by atoms with Crippen LogP contribution in [0.15, 0.2) is 12.6 Å². The maximum absolute atomic E-state index is 11.4. The van der Waals surface area contributed by atoms with Gasteiger partial charge in [0.25, 0.3) is 0 Å². The quantitative estimate of drug-likeness (QED) is 0.622. The Morgan fingerprint density at radius 3 is 2.69 bits per heavy atom. The van der Waals surface area contributed by atoms with Crippen LogP contribution in [0.3, 0.4) is 0 Å². The summed E-state index contributed by atoms with van der Waals surface area (Å²) in [6, 6.07) is 1.65. The zero-order valence-corrected chi connectivity index (χ0v) is 9.20. The number of H-pyrrole nitrogens is 1. The minimum atomic E-state index is -0.572. The third-order valence-corrected chi connectivity index (χ3v) is 1.93. The highest BCUT2D eigenvalue weighted by Gasteiger charge is 2.11. The Kier molecular flexibility index (Phi) is 3.88. The molecule has 5 heteroatoms. The average Bonchev–Trinajstić information content (AvgIpc) is 2.59. The van der Waals surface area contributed by atoms with Crippen molar-refractivity contribution in [2.75, 3.05) is 6.79 Å². The van der Waals surface area contributed by atoms with Gasteiger partial charge in [-0.05, 0) is 24.6 Å². The highest BCUT2D eigenvalue weighted by Crippen LogP contribution is 2.11. The van der Waals surface area contributed by atoms with Crippen molar-refractivity contribution in [3.8, 4) is 0 Å². The van der Waals surface area contributed by atoms with E-state index in [9.17, 15) is 9.59 Å². The van der Waals surface area contributed by atoms with Crippen molar-refractivity contribution in [1.29, 1.82) is 0 Å². The number of hydrogen-bond donors (Lipinski definition) is 1. The first-order chi connectivity index (χ1) is 7.54. The lowest BCUT2D eigenvalue weighted by Gasteiger charge is -2.02. The molecule has 16 heavy (non-hydrogen) atoms. The first kappa shape index (κ1) is 12.0. The molecule has 0 bridgehead atoms. The van der Waals surface area contributed by atoms with Crippen molar-refractivity contribution >= 4 is 18.0 Å². The number of esters is 2. The lowest BCUT2D eigenvalue weighted by molar-refractivity contribution is -0.149. The average molecular weight is 223 g/mol. The summed E-state index contributed by atoms with van der Waals surface area (Å²) in [5.41, 5.74) is 1.97. The van der Waals surface area contributed by atoms with E-state index >= 15 is 0 Å². The molecule has 0 aliphatic heterocycles. The molecule has 0 aliphatic carbocycles. The van der Waals surface area contributed by atoms with E-state index < -0.39 is 11.9 Å². The minimum Gasteiger partial charge on any atom is -0.428 e. The van der Waals surface area contributed by atoms with E-state index in [-0.39, 0.29) is 6.79 Å². The van der Waals surface area contributed by atoms with Gasteiger partial charge in [-0.25, -0.2) is 4.79 Å². The molecule has 1 heterocycles. The van der Waals surface area contributed by atoms with Gasteiger partial charge in [0.2, 0.25) is 6.79 Å². The molecule has 0 aromatic carbocycles. The second-order valence-corrected chi connectivity index (χ2v) is 3.17. The molecule has 1 rings (SSSR count). The van der Waals surface area contributed by atoms with E-state index in [0.717, 1.165) is 11.3 Å². The molecule has 1 N–H and O–H groups in total. The van der Waals surface area contributed by atoms with Crippen molar-refractivity contribution in [3.05, 3.63) is 29.6 Å². The maximum Gasteiger partial charge on any atom is 0.357 e. The molecular formula is C11H13NO4. The van der Waals surface area contributed by atoms with E-state index in [1.54, 1.807) is 12.1 Å². The smallest absolute Gasteiger partial charge is 0.357 e. The summed E-state index contributed by atoms with van der Waals surface area (Å²) in [6.07, 6.45) is 1.61. The monoisotopic (exact) mass is 223 g/mol. The van der Waals surface area contributed by atoms with Crippen LogP contribution in [-0.2, 0) is 14.3 Å². The predicted octanol–water partition coefficient (Wildman–Crippen LogP) is 1.64. The molecule has 0 radical (unpaired) electrons. The Morgan fingerprint density at radius 2 is 2.19 bits per heavy atom. The second-order valence-electron chi connectivity index (χ2n) is 3.17. The molecule has 0 amide bonds. The lowest BCUT2D eigenvalue weighted by atomic mass is 10.2. The van der Waals surface area contributed by atoms with Gasteiger partial charge in [-0.1, -0.05) is 6.58 Å². The van der Waals surface area contributed by atoms with Crippen LogP contribution >= 0.6 is 0 Å². The third-order valence-electron chi connectivity index (χ3n) is 1.93. The number of hydrogen-bond acceptors (Lipinski definition) is 4. The van der Waals surface area contributed by atoms with Crippen LogP contribution in [0.2, 0.25) is 0 Å². The SMILES string of the molecule is C=Cc1[nH]c(C(=O)OCOC(C)=O)cc1C. The summed E-state index contributed by atoms with van der Waals surface area (Å²) < 4.78 is 9.19. The molecule has 0 saturated heterocycles. The first-order valence-electron chi connectivity index (χ1n) is 4.67. The molecule has 0 fully saturated rings. The molecule has 5 nitrogen and oxygen atoms in total. The van der Waals surface area contributed by atoms with Crippen LogP contribution in [0.4, 0.5) is 0 Å². The normalized spacial score (nSPS) is 9.62. The molecular weight excluding hydrogens is 210 g/mol. The van der Waals surface area contributed by atoms with Crippen LogP contribution in [-0.4, -0.2) is 23.7 Å². The van der Waals surface area contributed by atoms with E-state index in [2.05, 4.69) is 16.3 Å². The van der Waals surface area contributed by atoms with Crippen LogP contribution in [0.1, 0.15) is 28.7 Å². The number of aryl methyl sites for hydroxylation is 1. The number of nitrogens with one attached hydrogen (secondary N) is 1. The van der Waals surface area contributed by atoms with E-state index in [1.807, 2.05) is 6.92 Å². The highest BCUT2D eigenvalue weighted by atomic mass is 16.7. The number of aromatic nitrogens is 1. The number of carbonyl (C=O) groups excluding carboxylic acids is 2. The largest absolute Gasteiger partial charge is 0.428 e. The fourth-order valence-corrected chi connectivity index (χ4v) is 1.14. The van der Waals surface area contributed by atoms with E-state index in [1.165, 1.54) is 6.92 Å². The summed E-state index contributed by atoms with van der Waals surface area (Å²) in [5, 5.41) is 0. The molecule has 0 atom stereocenters. The van der Waals surface area contributed by atoms with Crippen molar-refractivity contribution < 1.29 is 19.1 Å². The zero-order chi connectivity index (χ0) is 12.1.